The van der Waals surface area contributed by atoms with Crippen LogP contribution < -0.4 is 5.32 Å². The van der Waals surface area contributed by atoms with Crippen LogP contribution in [-0.4, -0.2) is 31.1 Å². The minimum absolute atomic E-state index is 0. The Balaban J connectivity index is 0.00000147. The highest BCUT2D eigenvalue weighted by Gasteiger charge is 2.35. The lowest BCUT2D eigenvalue weighted by Crippen LogP contribution is -2.48. The quantitative estimate of drug-likeness (QED) is 0.923. The number of nitrogens with one attached hydrogen (secondary N) is 1. The first-order valence-corrected chi connectivity index (χ1v) is 7.15. The smallest absolute Gasteiger partial charge is 0.130 e. The molecule has 0 unspecified atom stereocenters. The molecule has 0 radical (unpaired) electrons. The van der Waals surface area contributed by atoms with Gasteiger partial charge in [-0.05, 0) is 24.8 Å². The molecule has 20 heavy (non-hydrogen) atoms. The summed E-state index contributed by atoms with van der Waals surface area (Å²) in [5.41, 5.74) is 0.674. The molecule has 1 N–H and O–H groups in total. The number of halogens is 3. The predicted octanol–water partition coefficient (Wildman–Crippen LogP) is 3.13. The van der Waals surface area contributed by atoms with Crippen molar-refractivity contribution < 1.29 is 8.78 Å². The molecule has 112 valence electrons. The Morgan fingerprint density at radius 1 is 1.15 bits per heavy atom. The van der Waals surface area contributed by atoms with Gasteiger partial charge in [0.2, 0.25) is 0 Å². The first kappa shape index (κ1) is 15.7. The van der Waals surface area contributed by atoms with Crippen LogP contribution in [0, 0.1) is 17.6 Å². The zero-order valence-electron chi connectivity index (χ0n) is 11.4. The van der Waals surface area contributed by atoms with Crippen molar-refractivity contribution in [1.29, 1.82) is 0 Å². The molecule has 1 saturated carbocycles. The molecule has 0 bridgehead atoms. The molecule has 1 aliphatic heterocycles. The molecular weight excluding hydrogens is 282 g/mol. The van der Waals surface area contributed by atoms with E-state index in [4.69, 9.17) is 0 Å². The third kappa shape index (κ3) is 3.13. The number of benzene rings is 1. The van der Waals surface area contributed by atoms with Crippen LogP contribution in [0.3, 0.4) is 0 Å². The molecule has 2 aliphatic rings. The van der Waals surface area contributed by atoms with Gasteiger partial charge in [0, 0.05) is 43.9 Å². The third-order valence-corrected chi connectivity index (χ3v) is 4.42. The summed E-state index contributed by atoms with van der Waals surface area (Å²) >= 11 is 0. The monoisotopic (exact) mass is 302 g/mol. The summed E-state index contributed by atoms with van der Waals surface area (Å²) in [5.74, 6) is -0.359. The van der Waals surface area contributed by atoms with Gasteiger partial charge in [-0.15, -0.1) is 12.4 Å². The maximum absolute atomic E-state index is 14.1. The molecule has 1 aliphatic carbocycles. The van der Waals surface area contributed by atoms with Gasteiger partial charge in [-0.3, -0.25) is 4.90 Å². The highest BCUT2D eigenvalue weighted by Crippen LogP contribution is 2.42. The Hall–Kier alpha value is -0.710. The van der Waals surface area contributed by atoms with Crippen molar-refractivity contribution in [3.05, 3.63) is 35.4 Å². The van der Waals surface area contributed by atoms with E-state index in [0.717, 1.165) is 45.1 Å². The fraction of sp³-hybridized carbons (Fsp3) is 0.600. The number of hydrogen-bond acceptors (Lipinski definition) is 2. The van der Waals surface area contributed by atoms with E-state index in [9.17, 15) is 8.78 Å². The first-order chi connectivity index (χ1) is 9.25. The van der Waals surface area contributed by atoms with E-state index >= 15 is 0 Å². The molecule has 0 spiro atoms. The van der Waals surface area contributed by atoms with Gasteiger partial charge in [-0.1, -0.05) is 12.5 Å². The highest BCUT2D eigenvalue weighted by atomic mass is 35.5. The van der Waals surface area contributed by atoms with Crippen molar-refractivity contribution in [3.8, 4) is 0 Å². The van der Waals surface area contributed by atoms with E-state index in [1.165, 1.54) is 12.5 Å². The first-order valence-electron chi connectivity index (χ1n) is 7.15. The molecule has 0 amide bonds. The maximum atomic E-state index is 14.1. The third-order valence-electron chi connectivity index (χ3n) is 4.42. The molecule has 0 aromatic heterocycles. The molecule has 1 aromatic rings. The minimum atomic E-state index is -0.492. The Morgan fingerprint density at radius 3 is 2.40 bits per heavy atom. The molecule has 1 aromatic carbocycles. The Bertz CT molecular complexity index is 445. The van der Waals surface area contributed by atoms with Gasteiger partial charge in [0.05, 0.1) is 0 Å². The summed E-state index contributed by atoms with van der Waals surface area (Å²) in [5, 5.41) is 3.32. The predicted molar refractivity (Wildman–Crippen MR) is 78.1 cm³/mol. The molecule has 1 saturated heterocycles. The summed E-state index contributed by atoms with van der Waals surface area (Å²) < 4.78 is 27.2. The highest BCUT2D eigenvalue weighted by molar-refractivity contribution is 5.85. The van der Waals surface area contributed by atoms with Crippen molar-refractivity contribution in [2.24, 2.45) is 5.92 Å². The number of hydrogen-bond donors (Lipinski definition) is 1. The van der Waals surface area contributed by atoms with Crippen LogP contribution in [0.4, 0.5) is 8.78 Å². The van der Waals surface area contributed by atoms with E-state index in [-0.39, 0.29) is 18.4 Å². The van der Waals surface area contributed by atoms with Gasteiger partial charge in [0.15, 0.2) is 0 Å². The molecule has 5 heteroatoms. The van der Waals surface area contributed by atoms with Gasteiger partial charge >= 0.3 is 0 Å². The van der Waals surface area contributed by atoms with Crippen molar-refractivity contribution >= 4 is 12.4 Å². The fourth-order valence-corrected chi connectivity index (χ4v) is 3.21. The molecule has 2 fully saturated rings. The number of piperazine rings is 1. The van der Waals surface area contributed by atoms with Crippen molar-refractivity contribution in [2.75, 3.05) is 26.2 Å². The fourth-order valence-electron chi connectivity index (χ4n) is 3.21. The molecule has 2 nitrogen and oxygen atoms in total. The lowest BCUT2D eigenvalue weighted by atomic mass is 9.76. The molecule has 1 atom stereocenters. The molecule has 3 rings (SSSR count). The molecule has 1 heterocycles. The molecular formula is C15H21ClF2N2. The lowest BCUT2D eigenvalue weighted by molar-refractivity contribution is 0.0811. The number of nitrogens with zero attached hydrogens (tertiary/aromatic N) is 1. The lowest BCUT2D eigenvalue weighted by Gasteiger charge is -2.43. The second-order valence-corrected chi connectivity index (χ2v) is 5.59. The van der Waals surface area contributed by atoms with Crippen molar-refractivity contribution in [1.82, 2.24) is 10.2 Å². The van der Waals surface area contributed by atoms with Gasteiger partial charge in [-0.25, -0.2) is 8.78 Å². The van der Waals surface area contributed by atoms with Crippen LogP contribution in [0.1, 0.15) is 30.9 Å². The minimum Gasteiger partial charge on any atom is -0.314 e. The van der Waals surface area contributed by atoms with Gasteiger partial charge in [0.25, 0.3) is 0 Å². The van der Waals surface area contributed by atoms with E-state index in [0.29, 0.717) is 11.5 Å². The van der Waals surface area contributed by atoms with Gasteiger partial charge in [-0.2, -0.15) is 0 Å². The Kier molecular flexibility index (Phi) is 5.35. The van der Waals surface area contributed by atoms with E-state index < -0.39 is 11.6 Å². The SMILES string of the molecule is Cl.Fc1ccc([C@@H](C2CCC2)N2CCNCC2)c(F)c1. The van der Waals surface area contributed by atoms with Crippen molar-refractivity contribution in [3.63, 3.8) is 0 Å². The Morgan fingerprint density at radius 2 is 1.85 bits per heavy atom. The topological polar surface area (TPSA) is 15.3 Å². The largest absolute Gasteiger partial charge is 0.314 e. The maximum Gasteiger partial charge on any atom is 0.130 e. The summed E-state index contributed by atoms with van der Waals surface area (Å²) in [6, 6.07) is 4.15. The van der Waals surface area contributed by atoms with Crippen LogP contribution in [0.15, 0.2) is 18.2 Å². The van der Waals surface area contributed by atoms with Gasteiger partial charge in [0.1, 0.15) is 11.6 Å². The second-order valence-electron chi connectivity index (χ2n) is 5.59. The van der Waals surface area contributed by atoms with Crippen LogP contribution in [0.5, 0.6) is 0 Å². The average Bonchev–Trinajstić information content (AvgIpc) is 2.35. The van der Waals surface area contributed by atoms with Crippen molar-refractivity contribution in [2.45, 2.75) is 25.3 Å². The van der Waals surface area contributed by atoms with Crippen LogP contribution in [0.2, 0.25) is 0 Å². The van der Waals surface area contributed by atoms with Crippen LogP contribution in [0.25, 0.3) is 0 Å². The van der Waals surface area contributed by atoms with E-state index in [2.05, 4.69) is 10.2 Å². The summed E-state index contributed by atoms with van der Waals surface area (Å²) in [7, 11) is 0. The van der Waals surface area contributed by atoms with Gasteiger partial charge < -0.3 is 5.32 Å². The second kappa shape index (κ2) is 6.83. The number of rotatable bonds is 3. The van der Waals surface area contributed by atoms with Crippen LogP contribution in [-0.2, 0) is 0 Å². The summed E-state index contributed by atoms with van der Waals surface area (Å²) in [6.45, 7) is 3.79. The summed E-state index contributed by atoms with van der Waals surface area (Å²) in [6.07, 6.45) is 3.55. The normalized spacial score (nSPS) is 21.9. The zero-order chi connectivity index (χ0) is 13.2. The average molecular weight is 303 g/mol. The van der Waals surface area contributed by atoms with Crippen LogP contribution >= 0.6 is 12.4 Å². The van der Waals surface area contributed by atoms with E-state index in [1.54, 1.807) is 6.07 Å². The van der Waals surface area contributed by atoms with E-state index in [1.807, 2.05) is 0 Å². The zero-order valence-corrected chi connectivity index (χ0v) is 12.3. The Labute approximate surface area is 124 Å². The summed E-state index contributed by atoms with van der Waals surface area (Å²) in [4.78, 5) is 2.36. The standard InChI is InChI=1S/C15H20F2N2.ClH/c16-12-4-5-13(14(17)10-12)15(11-2-1-3-11)19-8-6-18-7-9-19;/h4-5,10-11,15,18H,1-3,6-9H2;1H/t15-;/m1./s1.